The highest BCUT2D eigenvalue weighted by Crippen LogP contribution is 2.20. The molecular weight excluding hydrogens is 168 g/mol. The van der Waals surface area contributed by atoms with Gasteiger partial charge < -0.3 is 5.73 Å². The van der Waals surface area contributed by atoms with Gasteiger partial charge in [-0.3, -0.25) is 0 Å². The van der Waals surface area contributed by atoms with Gasteiger partial charge in [-0.25, -0.2) is 4.98 Å². The van der Waals surface area contributed by atoms with Gasteiger partial charge in [-0.1, -0.05) is 0 Å². The Morgan fingerprint density at radius 3 is 2.67 bits per heavy atom. The molecule has 0 amide bonds. The van der Waals surface area contributed by atoms with Gasteiger partial charge in [-0.15, -0.1) is 11.8 Å². The number of aryl methyl sites for hydroxylation is 2. The molecular formula is C9H15N2S+. The second-order valence-electron chi connectivity index (χ2n) is 2.82. The lowest BCUT2D eigenvalue weighted by Gasteiger charge is -2.07. The molecule has 0 aliphatic carbocycles. The van der Waals surface area contributed by atoms with Crippen LogP contribution in [-0.4, -0.2) is 11.2 Å². The lowest BCUT2D eigenvalue weighted by atomic mass is 10.1. The van der Waals surface area contributed by atoms with Crippen LogP contribution < -0.4 is 5.73 Å². The van der Waals surface area contributed by atoms with Crippen LogP contribution in [0, 0.1) is 13.8 Å². The molecule has 12 heavy (non-hydrogen) atoms. The van der Waals surface area contributed by atoms with E-state index >= 15 is 0 Å². The first-order valence-electron chi connectivity index (χ1n) is 3.99. The van der Waals surface area contributed by atoms with Crippen molar-refractivity contribution in [1.29, 1.82) is 0 Å². The number of thioether (sulfide) groups is 1. The third-order valence-corrected chi connectivity index (χ3v) is 2.61. The summed E-state index contributed by atoms with van der Waals surface area (Å²) in [4.78, 5) is 4.45. The van der Waals surface area contributed by atoms with Crippen molar-refractivity contribution in [1.82, 2.24) is 4.98 Å². The Balaban J connectivity index is 3.24. The standard InChI is InChI=1S/C9H14N2S/c1-6-4-7(2)11-9(12-3)8(6)5-10/h4H,5,10H2,1-3H3/p+1. The Hall–Kier alpha value is -0.540. The molecule has 0 aliphatic heterocycles. The van der Waals surface area contributed by atoms with Crippen LogP contribution in [0.3, 0.4) is 0 Å². The number of pyridine rings is 1. The molecule has 0 atom stereocenters. The van der Waals surface area contributed by atoms with Crippen molar-refractivity contribution in [3.8, 4) is 0 Å². The molecule has 1 aromatic rings. The largest absolute Gasteiger partial charge is 0.354 e. The number of hydrogen-bond acceptors (Lipinski definition) is 2. The van der Waals surface area contributed by atoms with Gasteiger partial charge in [0, 0.05) is 11.3 Å². The first kappa shape index (κ1) is 9.55. The Labute approximate surface area is 77.6 Å². The Bertz CT molecular complexity index is 284. The van der Waals surface area contributed by atoms with Crippen LogP contribution in [0.1, 0.15) is 16.8 Å². The molecule has 0 saturated carbocycles. The van der Waals surface area contributed by atoms with E-state index in [1.165, 1.54) is 11.1 Å². The van der Waals surface area contributed by atoms with Crippen molar-refractivity contribution in [3.63, 3.8) is 0 Å². The zero-order chi connectivity index (χ0) is 9.14. The SMILES string of the molecule is CSc1nc(C)cc(C)c1C[NH3+]. The van der Waals surface area contributed by atoms with Crippen molar-refractivity contribution >= 4 is 11.8 Å². The van der Waals surface area contributed by atoms with E-state index in [-0.39, 0.29) is 0 Å². The second-order valence-corrected chi connectivity index (χ2v) is 3.61. The van der Waals surface area contributed by atoms with Crippen LogP contribution in [0.2, 0.25) is 0 Å². The van der Waals surface area contributed by atoms with Crippen molar-refractivity contribution < 1.29 is 5.73 Å². The monoisotopic (exact) mass is 183 g/mol. The lowest BCUT2D eigenvalue weighted by molar-refractivity contribution is -0.387. The molecule has 3 N–H and O–H groups in total. The third-order valence-electron chi connectivity index (χ3n) is 1.88. The minimum absolute atomic E-state index is 0.829. The fraction of sp³-hybridized carbons (Fsp3) is 0.444. The van der Waals surface area contributed by atoms with Gasteiger partial charge in [-0.05, 0) is 31.7 Å². The van der Waals surface area contributed by atoms with E-state index in [2.05, 4.69) is 30.0 Å². The molecule has 1 heterocycles. The van der Waals surface area contributed by atoms with Crippen LogP contribution in [0.25, 0.3) is 0 Å². The number of quaternary nitrogens is 1. The van der Waals surface area contributed by atoms with E-state index in [9.17, 15) is 0 Å². The molecule has 1 rings (SSSR count). The summed E-state index contributed by atoms with van der Waals surface area (Å²) in [5.74, 6) is 0. The molecule has 3 heteroatoms. The zero-order valence-corrected chi connectivity index (χ0v) is 8.66. The van der Waals surface area contributed by atoms with Gasteiger partial charge in [-0.2, -0.15) is 0 Å². The van der Waals surface area contributed by atoms with Crippen molar-refractivity contribution in [2.75, 3.05) is 6.26 Å². The van der Waals surface area contributed by atoms with Crippen LogP contribution in [0.4, 0.5) is 0 Å². The second kappa shape index (κ2) is 3.92. The predicted molar refractivity (Wildman–Crippen MR) is 52.1 cm³/mol. The quantitative estimate of drug-likeness (QED) is 0.699. The molecule has 0 aliphatic rings. The summed E-state index contributed by atoms with van der Waals surface area (Å²) in [7, 11) is 0. The summed E-state index contributed by atoms with van der Waals surface area (Å²) in [6.45, 7) is 4.98. The summed E-state index contributed by atoms with van der Waals surface area (Å²) >= 11 is 1.70. The van der Waals surface area contributed by atoms with E-state index in [0.29, 0.717) is 0 Å². The maximum atomic E-state index is 4.45. The number of aromatic nitrogens is 1. The number of nitrogens with zero attached hydrogens (tertiary/aromatic N) is 1. The van der Waals surface area contributed by atoms with Gasteiger partial charge >= 0.3 is 0 Å². The highest BCUT2D eigenvalue weighted by atomic mass is 32.2. The fourth-order valence-corrected chi connectivity index (χ4v) is 2.05. The van der Waals surface area contributed by atoms with E-state index in [1.807, 2.05) is 6.92 Å². The normalized spacial score (nSPS) is 10.3. The number of hydrogen-bond donors (Lipinski definition) is 1. The maximum Gasteiger partial charge on any atom is 0.105 e. The van der Waals surface area contributed by atoms with Crippen LogP contribution in [-0.2, 0) is 6.54 Å². The van der Waals surface area contributed by atoms with E-state index in [0.717, 1.165) is 17.3 Å². The molecule has 0 radical (unpaired) electrons. The summed E-state index contributed by atoms with van der Waals surface area (Å²) in [5.41, 5.74) is 7.59. The Morgan fingerprint density at radius 2 is 2.17 bits per heavy atom. The highest BCUT2D eigenvalue weighted by molar-refractivity contribution is 7.98. The number of rotatable bonds is 2. The predicted octanol–water partition coefficient (Wildman–Crippen LogP) is 1.16. The molecule has 0 unspecified atom stereocenters. The molecule has 1 aromatic heterocycles. The van der Waals surface area contributed by atoms with Crippen LogP contribution in [0.15, 0.2) is 11.1 Å². The molecule has 0 bridgehead atoms. The molecule has 0 saturated heterocycles. The topological polar surface area (TPSA) is 40.5 Å². The van der Waals surface area contributed by atoms with Gasteiger partial charge in [0.25, 0.3) is 0 Å². The van der Waals surface area contributed by atoms with Gasteiger partial charge in [0.05, 0.1) is 0 Å². The average molecular weight is 183 g/mol. The minimum atomic E-state index is 0.829. The van der Waals surface area contributed by atoms with Crippen molar-refractivity contribution in [3.05, 3.63) is 22.9 Å². The Morgan fingerprint density at radius 1 is 1.50 bits per heavy atom. The van der Waals surface area contributed by atoms with Gasteiger partial charge in [0.15, 0.2) is 0 Å². The van der Waals surface area contributed by atoms with Crippen LogP contribution in [0.5, 0.6) is 0 Å². The zero-order valence-electron chi connectivity index (χ0n) is 7.85. The summed E-state index contributed by atoms with van der Waals surface area (Å²) in [6, 6.07) is 2.11. The smallest absolute Gasteiger partial charge is 0.105 e. The van der Waals surface area contributed by atoms with Gasteiger partial charge in [0.2, 0.25) is 0 Å². The lowest BCUT2D eigenvalue weighted by Crippen LogP contribution is -2.48. The molecule has 66 valence electrons. The average Bonchev–Trinajstić information content (AvgIpc) is 2.03. The third kappa shape index (κ3) is 1.79. The summed E-state index contributed by atoms with van der Waals surface area (Å²) in [6.07, 6.45) is 2.06. The molecule has 0 aromatic carbocycles. The molecule has 2 nitrogen and oxygen atoms in total. The first-order valence-corrected chi connectivity index (χ1v) is 5.22. The first-order chi connectivity index (χ1) is 5.69. The Kier molecular flexibility index (Phi) is 3.12. The summed E-state index contributed by atoms with van der Waals surface area (Å²) < 4.78 is 0. The summed E-state index contributed by atoms with van der Waals surface area (Å²) in [5, 5.41) is 1.13. The molecule has 0 fully saturated rings. The fourth-order valence-electron chi connectivity index (χ4n) is 1.30. The molecule has 0 spiro atoms. The highest BCUT2D eigenvalue weighted by Gasteiger charge is 2.06. The van der Waals surface area contributed by atoms with Gasteiger partial charge in [0.1, 0.15) is 11.6 Å². The van der Waals surface area contributed by atoms with Crippen molar-refractivity contribution in [2.45, 2.75) is 25.4 Å². The van der Waals surface area contributed by atoms with E-state index < -0.39 is 0 Å². The maximum absolute atomic E-state index is 4.45. The van der Waals surface area contributed by atoms with Crippen molar-refractivity contribution in [2.24, 2.45) is 0 Å². The van der Waals surface area contributed by atoms with E-state index in [4.69, 9.17) is 0 Å². The van der Waals surface area contributed by atoms with Crippen LogP contribution >= 0.6 is 11.8 Å². The van der Waals surface area contributed by atoms with E-state index in [1.54, 1.807) is 11.8 Å². The minimum Gasteiger partial charge on any atom is -0.354 e.